The molecule has 128 valence electrons. The van der Waals surface area contributed by atoms with Crippen molar-refractivity contribution >= 4 is 0 Å². The van der Waals surface area contributed by atoms with E-state index in [0.717, 1.165) is 0 Å². The molecule has 0 bridgehead atoms. The minimum Gasteiger partial charge on any atom is -0.0549 e. The second kappa shape index (κ2) is 6.39. The SMILES string of the molecule is Cc1cc(C2(c3cc(C)c(C)c(C)c3)CCCCC2)cc(C)c1C. The van der Waals surface area contributed by atoms with E-state index in [-0.39, 0.29) is 5.41 Å². The van der Waals surface area contributed by atoms with Crippen LogP contribution < -0.4 is 0 Å². The average Bonchev–Trinajstić information content (AvgIpc) is 2.57. The lowest BCUT2D eigenvalue weighted by molar-refractivity contribution is 0.345. The second-order valence-corrected chi connectivity index (χ2v) is 8.11. The van der Waals surface area contributed by atoms with Crippen LogP contribution in [0.5, 0.6) is 0 Å². The molecule has 0 N–H and O–H groups in total. The summed E-state index contributed by atoms with van der Waals surface area (Å²) in [5.41, 5.74) is 12.0. The Labute approximate surface area is 148 Å². The normalized spacial score (nSPS) is 17.1. The highest BCUT2D eigenvalue weighted by Gasteiger charge is 2.36. The minimum atomic E-state index is 0.213. The van der Waals surface area contributed by atoms with Crippen molar-refractivity contribution in [3.05, 3.63) is 68.8 Å². The third-order valence-corrected chi connectivity index (χ3v) is 6.67. The van der Waals surface area contributed by atoms with Crippen LogP contribution in [-0.2, 0) is 5.41 Å². The fraction of sp³-hybridized carbons (Fsp3) is 0.500. The molecule has 1 aliphatic carbocycles. The second-order valence-electron chi connectivity index (χ2n) is 8.11. The van der Waals surface area contributed by atoms with Crippen LogP contribution in [0.15, 0.2) is 24.3 Å². The van der Waals surface area contributed by atoms with Gasteiger partial charge in [-0.1, -0.05) is 43.5 Å². The molecule has 0 heterocycles. The van der Waals surface area contributed by atoms with Crippen LogP contribution in [0.4, 0.5) is 0 Å². The van der Waals surface area contributed by atoms with Gasteiger partial charge in [-0.3, -0.25) is 0 Å². The summed E-state index contributed by atoms with van der Waals surface area (Å²) in [5, 5.41) is 0. The van der Waals surface area contributed by atoms with E-state index in [1.165, 1.54) is 65.5 Å². The number of rotatable bonds is 2. The van der Waals surface area contributed by atoms with E-state index in [9.17, 15) is 0 Å². The molecule has 0 spiro atoms. The lowest BCUT2D eigenvalue weighted by Crippen LogP contribution is -2.31. The summed E-state index contributed by atoms with van der Waals surface area (Å²) >= 11 is 0. The van der Waals surface area contributed by atoms with Crippen LogP contribution in [0.25, 0.3) is 0 Å². The van der Waals surface area contributed by atoms with Crippen LogP contribution in [-0.4, -0.2) is 0 Å². The molecule has 0 aromatic heterocycles. The molecule has 0 radical (unpaired) electrons. The molecule has 0 heteroatoms. The van der Waals surface area contributed by atoms with E-state index < -0.39 is 0 Å². The van der Waals surface area contributed by atoms with Gasteiger partial charge in [0.25, 0.3) is 0 Å². The standard InChI is InChI=1S/C24H32/c1-16-12-22(13-17(2)20(16)5)24(10-8-7-9-11-24)23-14-18(3)21(6)19(4)15-23/h12-15H,7-11H2,1-6H3. The molecule has 0 unspecified atom stereocenters. The smallest absolute Gasteiger partial charge is 0.0203 e. The lowest BCUT2D eigenvalue weighted by atomic mass is 9.64. The summed E-state index contributed by atoms with van der Waals surface area (Å²) in [6.07, 6.45) is 6.65. The van der Waals surface area contributed by atoms with E-state index in [0.29, 0.717) is 0 Å². The van der Waals surface area contributed by atoms with E-state index >= 15 is 0 Å². The maximum Gasteiger partial charge on any atom is 0.0203 e. The van der Waals surface area contributed by atoms with Gasteiger partial charge in [-0.25, -0.2) is 0 Å². The van der Waals surface area contributed by atoms with Gasteiger partial charge in [-0.05, 0) is 98.9 Å². The molecule has 0 aliphatic heterocycles. The van der Waals surface area contributed by atoms with Gasteiger partial charge in [0.05, 0.1) is 0 Å². The molecular formula is C24H32. The van der Waals surface area contributed by atoms with Crippen molar-refractivity contribution in [3.8, 4) is 0 Å². The van der Waals surface area contributed by atoms with Crippen LogP contribution in [0.1, 0.15) is 76.6 Å². The summed E-state index contributed by atoms with van der Waals surface area (Å²) in [7, 11) is 0. The highest BCUT2D eigenvalue weighted by Crippen LogP contribution is 2.46. The summed E-state index contributed by atoms with van der Waals surface area (Å²) in [4.78, 5) is 0. The zero-order valence-corrected chi connectivity index (χ0v) is 16.3. The van der Waals surface area contributed by atoms with Gasteiger partial charge < -0.3 is 0 Å². The topological polar surface area (TPSA) is 0 Å². The van der Waals surface area contributed by atoms with E-state index in [2.05, 4.69) is 65.8 Å². The van der Waals surface area contributed by atoms with Gasteiger partial charge >= 0.3 is 0 Å². The van der Waals surface area contributed by atoms with E-state index in [1.807, 2.05) is 0 Å². The van der Waals surface area contributed by atoms with Gasteiger partial charge in [0, 0.05) is 5.41 Å². The van der Waals surface area contributed by atoms with Crippen molar-refractivity contribution in [1.82, 2.24) is 0 Å². The summed E-state index contributed by atoms with van der Waals surface area (Å²) in [6, 6.07) is 9.88. The Morgan fingerprint density at radius 1 is 0.542 bits per heavy atom. The van der Waals surface area contributed by atoms with Crippen molar-refractivity contribution in [2.75, 3.05) is 0 Å². The molecule has 0 amide bonds. The lowest BCUT2D eigenvalue weighted by Gasteiger charge is -2.40. The third-order valence-electron chi connectivity index (χ3n) is 6.67. The first-order valence-electron chi connectivity index (χ1n) is 9.52. The predicted molar refractivity (Wildman–Crippen MR) is 105 cm³/mol. The third kappa shape index (κ3) is 2.81. The summed E-state index contributed by atoms with van der Waals surface area (Å²) in [5.74, 6) is 0. The van der Waals surface area contributed by atoms with E-state index in [4.69, 9.17) is 0 Å². The van der Waals surface area contributed by atoms with Gasteiger partial charge in [0.1, 0.15) is 0 Å². The molecule has 2 aromatic rings. The Balaban J connectivity index is 2.23. The Hall–Kier alpha value is -1.56. The Morgan fingerprint density at radius 2 is 0.875 bits per heavy atom. The number of benzene rings is 2. The monoisotopic (exact) mass is 320 g/mol. The van der Waals surface area contributed by atoms with Crippen LogP contribution in [0.3, 0.4) is 0 Å². The largest absolute Gasteiger partial charge is 0.0549 e. The van der Waals surface area contributed by atoms with Crippen molar-refractivity contribution in [2.45, 2.75) is 79.1 Å². The summed E-state index contributed by atoms with van der Waals surface area (Å²) in [6.45, 7) is 13.6. The average molecular weight is 321 g/mol. The van der Waals surface area contributed by atoms with Crippen LogP contribution >= 0.6 is 0 Å². The molecule has 0 atom stereocenters. The Bertz CT molecular complexity index is 652. The first-order valence-corrected chi connectivity index (χ1v) is 9.52. The molecule has 1 saturated carbocycles. The Morgan fingerprint density at radius 3 is 1.21 bits per heavy atom. The van der Waals surface area contributed by atoms with E-state index in [1.54, 1.807) is 11.1 Å². The first-order chi connectivity index (χ1) is 11.3. The molecular weight excluding hydrogens is 288 g/mol. The Kier molecular flexibility index (Phi) is 4.60. The highest BCUT2D eigenvalue weighted by atomic mass is 14.4. The first kappa shape index (κ1) is 17.3. The molecule has 0 saturated heterocycles. The minimum absolute atomic E-state index is 0.213. The van der Waals surface area contributed by atoms with Crippen molar-refractivity contribution in [1.29, 1.82) is 0 Å². The fourth-order valence-electron chi connectivity index (χ4n) is 4.52. The van der Waals surface area contributed by atoms with Gasteiger partial charge in [0.15, 0.2) is 0 Å². The van der Waals surface area contributed by atoms with Gasteiger partial charge in [-0.2, -0.15) is 0 Å². The molecule has 2 aromatic carbocycles. The number of hydrogen-bond acceptors (Lipinski definition) is 0. The van der Waals surface area contributed by atoms with Crippen LogP contribution in [0, 0.1) is 41.5 Å². The number of aryl methyl sites for hydroxylation is 4. The zero-order chi connectivity index (χ0) is 17.5. The highest BCUT2D eigenvalue weighted by molar-refractivity contribution is 5.49. The molecule has 1 aliphatic rings. The van der Waals surface area contributed by atoms with Crippen molar-refractivity contribution in [3.63, 3.8) is 0 Å². The fourth-order valence-corrected chi connectivity index (χ4v) is 4.52. The number of hydrogen-bond donors (Lipinski definition) is 0. The molecule has 0 nitrogen and oxygen atoms in total. The van der Waals surface area contributed by atoms with Crippen molar-refractivity contribution < 1.29 is 0 Å². The maximum absolute atomic E-state index is 2.47. The zero-order valence-electron chi connectivity index (χ0n) is 16.3. The summed E-state index contributed by atoms with van der Waals surface area (Å²) < 4.78 is 0. The quantitative estimate of drug-likeness (QED) is 0.571. The maximum atomic E-state index is 2.47. The van der Waals surface area contributed by atoms with Gasteiger partial charge in [-0.15, -0.1) is 0 Å². The molecule has 3 rings (SSSR count). The molecule has 1 fully saturated rings. The van der Waals surface area contributed by atoms with Crippen molar-refractivity contribution in [2.24, 2.45) is 0 Å². The van der Waals surface area contributed by atoms with Crippen LogP contribution in [0.2, 0.25) is 0 Å². The van der Waals surface area contributed by atoms with Gasteiger partial charge in [0.2, 0.25) is 0 Å². The predicted octanol–water partition coefficient (Wildman–Crippen LogP) is 6.79. The molecule has 24 heavy (non-hydrogen) atoms.